The van der Waals surface area contributed by atoms with Crippen molar-refractivity contribution in [2.75, 3.05) is 25.5 Å². The SMILES string of the molecule is COc1cc(SC)ccc1C(=O)Nc1cc2c(cc1C(C)=O)OCO2. The van der Waals surface area contributed by atoms with Crippen molar-refractivity contribution < 1.29 is 23.8 Å². The normalized spacial score (nSPS) is 12.0. The molecule has 0 aromatic heterocycles. The lowest BCUT2D eigenvalue weighted by molar-refractivity contribution is 0.101. The van der Waals surface area contributed by atoms with Gasteiger partial charge in [0.2, 0.25) is 6.79 Å². The summed E-state index contributed by atoms with van der Waals surface area (Å²) in [5, 5.41) is 2.77. The zero-order chi connectivity index (χ0) is 18.0. The molecule has 1 heterocycles. The Morgan fingerprint density at radius 3 is 2.48 bits per heavy atom. The summed E-state index contributed by atoms with van der Waals surface area (Å²) in [7, 11) is 1.51. The van der Waals surface area contributed by atoms with Crippen LogP contribution in [0.4, 0.5) is 5.69 Å². The molecule has 0 saturated carbocycles. The van der Waals surface area contributed by atoms with Gasteiger partial charge in [-0.15, -0.1) is 11.8 Å². The molecule has 130 valence electrons. The van der Waals surface area contributed by atoms with E-state index >= 15 is 0 Å². The van der Waals surface area contributed by atoms with Crippen LogP contribution >= 0.6 is 11.8 Å². The molecule has 2 aromatic rings. The largest absolute Gasteiger partial charge is 0.496 e. The lowest BCUT2D eigenvalue weighted by Crippen LogP contribution is -2.15. The van der Waals surface area contributed by atoms with Gasteiger partial charge in [0, 0.05) is 16.5 Å². The van der Waals surface area contributed by atoms with Gasteiger partial charge in [-0.1, -0.05) is 0 Å². The number of methoxy groups -OCH3 is 1. The number of fused-ring (bicyclic) bond motifs is 1. The molecule has 0 spiro atoms. The van der Waals surface area contributed by atoms with Crippen LogP contribution < -0.4 is 19.5 Å². The number of benzene rings is 2. The fourth-order valence-electron chi connectivity index (χ4n) is 2.51. The standard InChI is InChI=1S/C18H17NO5S/c1-10(20)13-7-16-17(24-9-23-16)8-14(13)19-18(21)12-5-4-11(25-3)6-15(12)22-2/h4-8H,9H2,1-3H3,(H,19,21). The van der Waals surface area contributed by atoms with Crippen molar-refractivity contribution in [3.05, 3.63) is 41.5 Å². The molecule has 0 atom stereocenters. The first-order valence-electron chi connectivity index (χ1n) is 7.51. The van der Waals surface area contributed by atoms with Gasteiger partial charge in [0.15, 0.2) is 17.3 Å². The number of ether oxygens (including phenoxy) is 3. The third-order valence-corrected chi connectivity index (χ3v) is 4.52. The summed E-state index contributed by atoms with van der Waals surface area (Å²) in [5.74, 6) is 0.897. The van der Waals surface area contributed by atoms with Crippen LogP contribution in [0.2, 0.25) is 0 Å². The van der Waals surface area contributed by atoms with Crippen molar-refractivity contribution in [2.24, 2.45) is 0 Å². The topological polar surface area (TPSA) is 73.9 Å². The quantitative estimate of drug-likeness (QED) is 0.649. The van der Waals surface area contributed by atoms with E-state index in [0.717, 1.165) is 4.90 Å². The summed E-state index contributed by atoms with van der Waals surface area (Å²) in [6.07, 6.45) is 1.94. The third kappa shape index (κ3) is 3.41. The van der Waals surface area contributed by atoms with E-state index in [0.29, 0.717) is 34.1 Å². The van der Waals surface area contributed by atoms with E-state index in [-0.39, 0.29) is 18.5 Å². The van der Waals surface area contributed by atoms with E-state index < -0.39 is 0 Å². The molecular weight excluding hydrogens is 342 g/mol. The van der Waals surface area contributed by atoms with Gasteiger partial charge in [-0.2, -0.15) is 0 Å². The maximum Gasteiger partial charge on any atom is 0.259 e. The Balaban J connectivity index is 1.95. The molecule has 3 rings (SSSR count). The minimum atomic E-state index is -0.370. The highest BCUT2D eigenvalue weighted by atomic mass is 32.2. The van der Waals surface area contributed by atoms with Crippen molar-refractivity contribution in [3.8, 4) is 17.2 Å². The number of nitrogens with one attached hydrogen (secondary N) is 1. The van der Waals surface area contributed by atoms with Crippen LogP contribution in [0.3, 0.4) is 0 Å². The number of rotatable bonds is 5. The van der Waals surface area contributed by atoms with Gasteiger partial charge in [-0.05, 0) is 37.4 Å². The second-order valence-corrected chi connectivity index (χ2v) is 6.21. The number of carbonyl (C=O) groups is 2. The van der Waals surface area contributed by atoms with Gasteiger partial charge in [0.05, 0.1) is 18.4 Å². The van der Waals surface area contributed by atoms with E-state index in [1.165, 1.54) is 14.0 Å². The van der Waals surface area contributed by atoms with E-state index in [1.807, 2.05) is 12.3 Å². The number of anilines is 1. The fourth-order valence-corrected chi connectivity index (χ4v) is 2.94. The van der Waals surface area contributed by atoms with Gasteiger partial charge in [-0.25, -0.2) is 0 Å². The van der Waals surface area contributed by atoms with Gasteiger partial charge in [0.25, 0.3) is 5.91 Å². The lowest BCUT2D eigenvalue weighted by atomic mass is 10.1. The smallest absolute Gasteiger partial charge is 0.259 e. The zero-order valence-electron chi connectivity index (χ0n) is 14.0. The Kier molecular flexibility index (Phi) is 4.85. The monoisotopic (exact) mass is 359 g/mol. The predicted octanol–water partition coefficient (Wildman–Crippen LogP) is 3.60. The maximum atomic E-state index is 12.7. The summed E-state index contributed by atoms with van der Waals surface area (Å²) in [6, 6.07) is 8.51. The van der Waals surface area contributed by atoms with Crippen molar-refractivity contribution >= 4 is 29.1 Å². The van der Waals surface area contributed by atoms with Crippen molar-refractivity contribution in [1.29, 1.82) is 0 Å². The molecule has 0 bridgehead atoms. The van der Waals surface area contributed by atoms with E-state index in [1.54, 1.807) is 36.0 Å². The van der Waals surface area contributed by atoms with Crippen LogP contribution in [0.25, 0.3) is 0 Å². The number of ketones is 1. The van der Waals surface area contributed by atoms with Crippen LogP contribution in [0.15, 0.2) is 35.2 Å². The molecule has 0 aliphatic carbocycles. The highest BCUT2D eigenvalue weighted by Gasteiger charge is 2.21. The van der Waals surface area contributed by atoms with Gasteiger partial charge in [-0.3, -0.25) is 9.59 Å². The third-order valence-electron chi connectivity index (χ3n) is 3.79. The first-order chi connectivity index (χ1) is 12.0. The zero-order valence-corrected chi connectivity index (χ0v) is 14.9. The molecule has 2 aromatic carbocycles. The molecule has 25 heavy (non-hydrogen) atoms. The summed E-state index contributed by atoms with van der Waals surface area (Å²) in [4.78, 5) is 25.6. The highest BCUT2D eigenvalue weighted by Crippen LogP contribution is 2.37. The minimum absolute atomic E-state index is 0.0913. The number of thioether (sulfide) groups is 1. The van der Waals surface area contributed by atoms with E-state index in [4.69, 9.17) is 14.2 Å². The molecule has 1 aliphatic heterocycles. The Bertz CT molecular complexity index is 850. The van der Waals surface area contributed by atoms with Crippen LogP contribution in [0.1, 0.15) is 27.6 Å². The van der Waals surface area contributed by atoms with Gasteiger partial charge in [0.1, 0.15) is 5.75 Å². The van der Waals surface area contributed by atoms with Crippen molar-refractivity contribution in [3.63, 3.8) is 0 Å². The summed E-state index contributed by atoms with van der Waals surface area (Å²) < 4.78 is 15.9. The second kappa shape index (κ2) is 7.06. The molecule has 1 N–H and O–H groups in total. The summed E-state index contributed by atoms with van der Waals surface area (Å²) >= 11 is 1.56. The number of Topliss-reactive ketones (excluding diaryl/α,β-unsaturated/α-hetero) is 1. The Labute approximate surface area is 149 Å². The summed E-state index contributed by atoms with van der Waals surface area (Å²) in [5.41, 5.74) is 1.11. The van der Waals surface area contributed by atoms with Crippen LogP contribution in [0, 0.1) is 0 Å². The van der Waals surface area contributed by atoms with Crippen LogP contribution in [-0.2, 0) is 0 Å². The number of hydrogen-bond acceptors (Lipinski definition) is 6. The van der Waals surface area contributed by atoms with Gasteiger partial charge < -0.3 is 19.5 Å². The molecule has 1 amide bonds. The van der Waals surface area contributed by atoms with E-state index in [9.17, 15) is 9.59 Å². The number of amides is 1. The molecule has 0 unspecified atom stereocenters. The first-order valence-corrected chi connectivity index (χ1v) is 8.74. The average Bonchev–Trinajstić information content (AvgIpc) is 3.07. The van der Waals surface area contributed by atoms with Gasteiger partial charge >= 0.3 is 0 Å². The lowest BCUT2D eigenvalue weighted by Gasteiger charge is -2.13. The Hall–Kier alpha value is -2.67. The molecule has 0 fully saturated rings. The predicted molar refractivity (Wildman–Crippen MR) is 95.3 cm³/mol. The number of carbonyl (C=O) groups excluding carboxylic acids is 2. The number of hydrogen-bond donors (Lipinski definition) is 1. The van der Waals surface area contributed by atoms with Crippen molar-refractivity contribution in [1.82, 2.24) is 0 Å². The maximum absolute atomic E-state index is 12.7. The van der Waals surface area contributed by atoms with E-state index in [2.05, 4.69) is 5.32 Å². The minimum Gasteiger partial charge on any atom is -0.496 e. The molecule has 0 saturated heterocycles. The van der Waals surface area contributed by atoms with Crippen molar-refractivity contribution in [2.45, 2.75) is 11.8 Å². The molecule has 1 aliphatic rings. The first kappa shape index (κ1) is 17.2. The molecule has 6 nitrogen and oxygen atoms in total. The molecule has 0 radical (unpaired) electrons. The molecular formula is C18H17NO5S. The Morgan fingerprint density at radius 2 is 1.84 bits per heavy atom. The summed E-state index contributed by atoms with van der Waals surface area (Å²) in [6.45, 7) is 1.52. The Morgan fingerprint density at radius 1 is 1.12 bits per heavy atom. The molecule has 7 heteroatoms. The fraction of sp³-hybridized carbons (Fsp3) is 0.222. The highest BCUT2D eigenvalue weighted by molar-refractivity contribution is 7.98. The average molecular weight is 359 g/mol. The second-order valence-electron chi connectivity index (χ2n) is 5.33. The van der Waals surface area contributed by atoms with Crippen LogP contribution in [0.5, 0.6) is 17.2 Å². The van der Waals surface area contributed by atoms with Crippen LogP contribution in [-0.4, -0.2) is 31.8 Å².